The molecule has 4 atom stereocenters. The maximum Gasteiger partial charge on any atom is 0.233 e. The van der Waals surface area contributed by atoms with Crippen molar-refractivity contribution in [2.45, 2.75) is 26.3 Å². The van der Waals surface area contributed by atoms with Crippen LogP contribution in [0.25, 0.3) is 11.0 Å². The quantitative estimate of drug-likeness (QED) is 0.228. The molecule has 2 fully saturated rings. The maximum atomic E-state index is 12.8. The van der Waals surface area contributed by atoms with Crippen LogP contribution >= 0.6 is 0 Å². The van der Waals surface area contributed by atoms with Crippen molar-refractivity contribution in [3.8, 4) is 0 Å². The molecule has 1 saturated carbocycles. The molecule has 3 aliphatic rings. The average Bonchev–Trinajstić information content (AvgIpc) is 3.54. The van der Waals surface area contributed by atoms with Crippen molar-refractivity contribution >= 4 is 28.8 Å². The van der Waals surface area contributed by atoms with E-state index in [-0.39, 0.29) is 35.5 Å². The summed E-state index contributed by atoms with van der Waals surface area (Å²) < 4.78 is 2.19. The van der Waals surface area contributed by atoms with E-state index in [1.165, 1.54) is 4.90 Å². The molecule has 8 heteroatoms. The number of rotatable bonds is 7. The predicted molar refractivity (Wildman–Crippen MR) is 123 cm³/mol. The van der Waals surface area contributed by atoms with E-state index in [1.807, 2.05) is 25.1 Å². The fraction of sp³-hybridized carbons (Fsp3) is 0.500. The second kappa shape index (κ2) is 8.41. The SMILES string of the molecule is CN=C(NCCCN1C(=O)C2C3C=CC(C3)C2C1=O)NCCn1c(C)nc2ccccc21. The molecule has 1 aromatic heterocycles. The maximum absolute atomic E-state index is 12.8. The number of fused-ring (bicyclic) bond motifs is 6. The van der Waals surface area contributed by atoms with Crippen molar-refractivity contribution < 1.29 is 9.59 Å². The van der Waals surface area contributed by atoms with E-state index < -0.39 is 0 Å². The molecule has 0 spiro atoms. The number of nitrogens with zero attached hydrogens (tertiary/aromatic N) is 4. The summed E-state index contributed by atoms with van der Waals surface area (Å²) in [6.07, 6.45) is 5.93. The minimum Gasteiger partial charge on any atom is -0.356 e. The summed E-state index contributed by atoms with van der Waals surface area (Å²) in [7, 11) is 1.74. The number of allylic oxidation sites excluding steroid dienone is 2. The molecule has 32 heavy (non-hydrogen) atoms. The summed E-state index contributed by atoms with van der Waals surface area (Å²) in [6, 6.07) is 8.13. The van der Waals surface area contributed by atoms with Crippen molar-refractivity contribution in [3.05, 3.63) is 42.2 Å². The zero-order chi connectivity index (χ0) is 22.2. The molecule has 4 unspecified atom stereocenters. The number of imide groups is 1. The van der Waals surface area contributed by atoms with Crippen LogP contribution in [-0.4, -0.2) is 58.9 Å². The Labute approximate surface area is 187 Å². The van der Waals surface area contributed by atoms with Gasteiger partial charge in [0, 0.05) is 33.2 Å². The van der Waals surface area contributed by atoms with Gasteiger partial charge in [-0.2, -0.15) is 0 Å². The minimum absolute atomic E-state index is 0.0299. The summed E-state index contributed by atoms with van der Waals surface area (Å²) in [5, 5.41) is 6.62. The lowest BCUT2D eigenvalue weighted by Crippen LogP contribution is -2.41. The number of benzene rings is 1. The molecular formula is C24H30N6O2. The van der Waals surface area contributed by atoms with Crippen molar-refractivity contribution in [2.24, 2.45) is 28.7 Å². The van der Waals surface area contributed by atoms with Crippen LogP contribution in [-0.2, 0) is 16.1 Å². The number of carbonyl (C=O) groups is 2. The summed E-state index contributed by atoms with van der Waals surface area (Å²) in [4.78, 5) is 35.9. The molecule has 2 heterocycles. The fourth-order valence-corrected chi connectivity index (χ4v) is 5.61. The number of imidazole rings is 1. The highest BCUT2D eigenvalue weighted by molar-refractivity contribution is 6.06. The molecule has 2 bridgehead atoms. The summed E-state index contributed by atoms with van der Waals surface area (Å²) in [5.41, 5.74) is 2.13. The number of guanidine groups is 1. The number of aliphatic imine (C=N–C) groups is 1. The van der Waals surface area contributed by atoms with Gasteiger partial charge in [-0.05, 0) is 43.7 Å². The fourth-order valence-electron chi connectivity index (χ4n) is 5.61. The van der Waals surface area contributed by atoms with Crippen molar-refractivity contribution in [2.75, 3.05) is 26.7 Å². The number of hydrogen-bond acceptors (Lipinski definition) is 4. The van der Waals surface area contributed by atoms with E-state index in [2.05, 4.69) is 43.4 Å². The molecule has 1 aliphatic heterocycles. The third kappa shape index (κ3) is 3.47. The van der Waals surface area contributed by atoms with Gasteiger partial charge in [0.25, 0.3) is 0 Å². The highest BCUT2D eigenvalue weighted by atomic mass is 16.2. The number of amides is 2. The standard InChI is InChI=1S/C24H30N6O2/c1-15-28-18-6-3-4-7-19(18)29(15)13-11-27-24(25-2)26-10-5-12-30-22(31)20-16-8-9-17(14-16)21(20)23(30)32/h3-4,6-9,16-17,20-21H,5,10-14H2,1-2H3,(H2,25,26,27). The lowest BCUT2D eigenvalue weighted by Gasteiger charge is -2.18. The van der Waals surface area contributed by atoms with E-state index in [1.54, 1.807) is 7.05 Å². The smallest absolute Gasteiger partial charge is 0.233 e. The Balaban J connectivity index is 1.07. The molecule has 1 saturated heterocycles. The third-order valence-electron chi connectivity index (χ3n) is 7.11. The van der Waals surface area contributed by atoms with E-state index in [0.29, 0.717) is 32.0 Å². The second-order valence-corrected chi connectivity index (χ2v) is 8.91. The van der Waals surface area contributed by atoms with Crippen LogP contribution in [0.4, 0.5) is 0 Å². The molecule has 2 aliphatic carbocycles. The molecule has 1 aromatic carbocycles. The highest BCUT2D eigenvalue weighted by Gasteiger charge is 2.58. The minimum atomic E-state index is -0.109. The predicted octanol–water partition coefficient (Wildman–Crippen LogP) is 1.71. The van der Waals surface area contributed by atoms with Crippen molar-refractivity contribution in [1.29, 1.82) is 0 Å². The lowest BCUT2D eigenvalue weighted by molar-refractivity contribution is -0.140. The van der Waals surface area contributed by atoms with Gasteiger partial charge in [-0.15, -0.1) is 0 Å². The van der Waals surface area contributed by atoms with Crippen LogP contribution in [0.15, 0.2) is 41.4 Å². The normalized spacial score (nSPS) is 26.4. The van der Waals surface area contributed by atoms with Gasteiger partial charge in [-0.3, -0.25) is 19.5 Å². The number of likely N-dealkylation sites (tertiary alicyclic amines) is 1. The molecule has 5 rings (SSSR count). The number of para-hydroxylation sites is 2. The van der Waals surface area contributed by atoms with Gasteiger partial charge in [0.1, 0.15) is 5.82 Å². The molecule has 2 amide bonds. The zero-order valence-electron chi connectivity index (χ0n) is 18.6. The Hall–Kier alpha value is -3.16. The van der Waals surface area contributed by atoms with E-state index in [4.69, 9.17) is 0 Å². The van der Waals surface area contributed by atoms with Gasteiger partial charge in [0.15, 0.2) is 5.96 Å². The molecule has 8 nitrogen and oxygen atoms in total. The Bertz CT molecular complexity index is 1070. The van der Waals surface area contributed by atoms with Gasteiger partial charge in [-0.1, -0.05) is 24.3 Å². The van der Waals surface area contributed by atoms with Crippen LogP contribution in [0, 0.1) is 30.6 Å². The molecule has 2 aromatic rings. The molecular weight excluding hydrogens is 404 g/mol. The Morgan fingerprint density at radius 2 is 1.75 bits per heavy atom. The van der Waals surface area contributed by atoms with Gasteiger partial charge < -0.3 is 15.2 Å². The zero-order valence-corrected chi connectivity index (χ0v) is 18.6. The van der Waals surface area contributed by atoms with Gasteiger partial charge in [0.2, 0.25) is 11.8 Å². The highest BCUT2D eigenvalue weighted by Crippen LogP contribution is 2.52. The monoisotopic (exact) mass is 434 g/mol. The van der Waals surface area contributed by atoms with Gasteiger partial charge in [0.05, 0.1) is 22.9 Å². The first-order valence-corrected chi connectivity index (χ1v) is 11.5. The molecule has 0 radical (unpaired) electrons. The largest absolute Gasteiger partial charge is 0.356 e. The molecule has 2 N–H and O–H groups in total. The van der Waals surface area contributed by atoms with Crippen LogP contribution in [0.2, 0.25) is 0 Å². The van der Waals surface area contributed by atoms with Crippen LogP contribution in [0.5, 0.6) is 0 Å². The number of aromatic nitrogens is 2. The average molecular weight is 435 g/mol. The van der Waals surface area contributed by atoms with E-state index >= 15 is 0 Å². The van der Waals surface area contributed by atoms with Crippen molar-refractivity contribution in [3.63, 3.8) is 0 Å². The van der Waals surface area contributed by atoms with E-state index in [0.717, 1.165) is 29.8 Å². The Morgan fingerprint density at radius 1 is 1.06 bits per heavy atom. The van der Waals surface area contributed by atoms with Gasteiger partial charge >= 0.3 is 0 Å². The van der Waals surface area contributed by atoms with Crippen LogP contribution in [0.1, 0.15) is 18.7 Å². The first kappa shape index (κ1) is 20.7. The number of nitrogens with one attached hydrogen (secondary N) is 2. The molecule has 168 valence electrons. The van der Waals surface area contributed by atoms with E-state index in [9.17, 15) is 9.59 Å². The Morgan fingerprint density at radius 3 is 2.47 bits per heavy atom. The summed E-state index contributed by atoms with van der Waals surface area (Å²) >= 11 is 0. The Kier molecular flexibility index (Phi) is 5.45. The van der Waals surface area contributed by atoms with Crippen LogP contribution < -0.4 is 10.6 Å². The summed E-state index contributed by atoms with van der Waals surface area (Å²) in [5.74, 6) is 2.08. The first-order chi connectivity index (χ1) is 15.6. The number of carbonyl (C=O) groups excluding carboxylic acids is 2. The second-order valence-electron chi connectivity index (χ2n) is 8.91. The van der Waals surface area contributed by atoms with Crippen molar-refractivity contribution in [1.82, 2.24) is 25.1 Å². The number of aryl methyl sites for hydroxylation is 1. The van der Waals surface area contributed by atoms with Crippen LogP contribution in [0.3, 0.4) is 0 Å². The number of hydrogen-bond donors (Lipinski definition) is 2. The van der Waals surface area contributed by atoms with Gasteiger partial charge in [-0.25, -0.2) is 4.98 Å². The lowest BCUT2D eigenvalue weighted by atomic mass is 9.85. The first-order valence-electron chi connectivity index (χ1n) is 11.5. The third-order valence-corrected chi connectivity index (χ3v) is 7.11. The summed E-state index contributed by atoms with van der Waals surface area (Å²) in [6.45, 7) is 4.62. The topological polar surface area (TPSA) is 91.6 Å².